The highest BCUT2D eigenvalue weighted by Gasteiger charge is 2.20. The minimum Gasteiger partial charge on any atom is -0.493 e. The second kappa shape index (κ2) is 7.05. The molecule has 1 unspecified atom stereocenters. The maximum atomic E-state index is 12.8. The van der Waals surface area contributed by atoms with E-state index in [2.05, 4.69) is 10.8 Å². The van der Waals surface area contributed by atoms with Crippen molar-refractivity contribution in [2.24, 2.45) is 0 Å². The number of hydrogen-bond acceptors (Lipinski definition) is 3. The molecule has 4 rings (SSSR count). The van der Waals surface area contributed by atoms with Gasteiger partial charge in [0.2, 0.25) is 10.0 Å². The van der Waals surface area contributed by atoms with Crippen LogP contribution in [0.5, 0.6) is 5.75 Å². The molecule has 1 heterocycles. The van der Waals surface area contributed by atoms with E-state index < -0.39 is 10.0 Å². The van der Waals surface area contributed by atoms with Gasteiger partial charge in [0.15, 0.2) is 0 Å². The Labute approximate surface area is 155 Å². The van der Waals surface area contributed by atoms with Gasteiger partial charge in [-0.2, -0.15) is 0 Å². The molecule has 1 aliphatic heterocycles. The average Bonchev–Trinajstić information content (AvgIpc) is 3.08. The van der Waals surface area contributed by atoms with Crippen molar-refractivity contribution in [2.75, 3.05) is 6.61 Å². The maximum absolute atomic E-state index is 12.8. The molecule has 0 aromatic heterocycles. The van der Waals surface area contributed by atoms with Crippen LogP contribution in [0, 0.1) is 0 Å². The molecule has 2 aromatic rings. The molecule has 0 fully saturated rings. The van der Waals surface area contributed by atoms with Crippen LogP contribution >= 0.6 is 0 Å². The molecule has 138 valence electrons. The van der Waals surface area contributed by atoms with Gasteiger partial charge in [-0.3, -0.25) is 0 Å². The summed E-state index contributed by atoms with van der Waals surface area (Å²) in [5.41, 5.74) is 4.83. The summed E-state index contributed by atoms with van der Waals surface area (Å²) in [7, 11) is -3.50. The van der Waals surface area contributed by atoms with Crippen molar-refractivity contribution in [2.45, 2.75) is 56.4 Å². The van der Waals surface area contributed by atoms with Gasteiger partial charge in [0.1, 0.15) is 5.75 Å². The van der Waals surface area contributed by atoms with Crippen LogP contribution in [0.2, 0.25) is 0 Å². The van der Waals surface area contributed by atoms with Gasteiger partial charge in [-0.25, -0.2) is 13.1 Å². The zero-order chi connectivity index (χ0) is 18.1. The Morgan fingerprint density at radius 2 is 1.81 bits per heavy atom. The lowest BCUT2D eigenvalue weighted by atomic mass is 9.92. The number of aryl methyl sites for hydroxylation is 2. The first-order chi connectivity index (χ1) is 12.5. The van der Waals surface area contributed by atoms with Crippen LogP contribution in [0.1, 0.15) is 42.0 Å². The van der Waals surface area contributed by atoms with Crippen molar-refractivity contribution < 1.29 is 13.2 Å². The molecule has 5 heteroatoms. The van der Waals surface area contributed by atoms with E-state index >= 15 is 0 Å². The summed E-state index contributed by atoms with van der Waals surface area (Å²) in [4.78, 5) is 0.382. The Morgan fingerprint density at radius 3 is 2.65 bits per heavy atom. The number of rotatable bonds is 5. The van der Waals surface area contributed by atoms with Crippen LogP contribution in [0.15, 0.2) is 41.3 Å². The first kappa shape index (κ1) is 17.6. The fourth-order valence-electron chi connectivity index (χ4n) is 3.97. The highest BCUT2D eigenvalue weighted by molar-refractivity contribution is 7.89. The highest BCUT2D eigenvalue weighted by Crippen LogP contribution is 2.27. The Hall–Kier alpha value is -1.85. The van der Waals surface area contributed by atoms with E-state index in [-0.39, 0.29) is 6.04 Å². The van der Waals surface area contributed by atoms with Gasteiger partial charge in [0, 0.05) is 12.5 Å². The standard InChI is InChI=1S/C21H25NO3S/c1-15(12-16-6-9-21-19(13-16)10-11-25-21)22-26(23,24)20-8-7-17-4-2-3-5-18(17)14-20/h6-9,13-15,22H,2-5,10-12H2,1H3. The average molecular weight is 372 g/mol. The summed E-state index contributed by atoms with van der Waals surface area (Å²) in [6.07, 6.45) is 5.96. The molecule has 26 heavy (non-hydrogen) atoms. The topological polar surface area (TPSA) is 55.4 Å². The zero-order valence-corrected chi connectivity index (χ0v) is 15.9. The number of sulfonamides is 1. The molecule has 0 bridgehead atoms. The Balaban J connectivity index is 1.47. The van der Waals surface area contributed by atoms with E-state index in [1.807, 2.05) is 31.2 Å². The number of nitrogens with one attached hydrogen (secondary N) is 1. The molecule has 0 saturated carbocycles. The minimum atomic E-state index is -3.50. The monoisotopic (exact) mass is 371 g/mol. The SMILES string of the molecule is CC(Cc1ccc2c(c1)CCO2)NS(=O)(=O)c1ccc2c(c1)CCCC2. The Morgan fingerprint density at radius 1 is 1.00 bits per heavy atom. The third-order valence-electron chi connectivity index (χ3n) is 5.28. The van der Waals surface area contributed by atoms with Crippen molar-refractivity contribution in [1.29, 1.82) is 0 Å². The lowest BCUT2D eigenvalue weighted by molar-refractivity contribution is 0.357. The van der Waals surface area contributed by atoms with E-state index in [1.54, 1.807) is 6.07 Å². The molecule has 2 aliphatic rings. The number of ether oxygens (including phenoxy) is 1. The van der Waals surface area contributed by atoms with Crippen molar-refractivity contribution in [3.05, 3.63) is 58.7 Å². The van der Waals surface area contributed by atoms with Gasteiger partial charge in [-0.15, -0.1) is 0 Å². The molecule has 1 N–H and O–H groups in total. The van der Waals surface area contributed by atoms with E-state index in [4.69, 9.17) is 4.74 Å². The predicted octanol–water partition coefficient (Wildman–Crippen LogP) is 3.41. The highest BCUT2D eigenvalue weighted by atomic mass is 32.2. The van der Waals surface area contributed by atoms with Crippen molar-refractivity contribution in [3.8, 4) is 5.75 Å². The summed E-state index contributed by atoms with van der Waals surface area (Å²) in [5.74, 6) is 0.955. The minimum absolute atomic E-state index is 0.170. The Bertz CT molecular complexity index is 921. The van der Waals surface area contributed by atoms with E-state index in [1.165, 1.54) is 23.1 Å². The lowest BCUT2D eigenvalue weighted by Crippen LogP contribution is -2.34. The van der Waals surface area contributed by atoms with Crippen molar-refractivity contribution in [1.82, 2.24) is 4.72 Å². The van der Waals surface area contributed by atoms with Crippen LogP contribution in [0.3, 0.4) is 0 Å². The molecule has 0 radical (unpaired) electrons. The summed E-state index contributed by atoms with van der Waals surface area (Å²) < 4.78 is 33.9. The van der Waals surface area contributed by atoms with Crippen molar-refractivity contribution >= 4 is 10.0 Å². The lowest BCUT2D eigenvalue weighted by Gasteiger charge is -2.18. The first-order valence-corrected chi connectivity index (χ1v) is 10.9. The fraction of sp³-hybridized carbons (Fsp3) is 0.429. The molecule has 0 saturated heterocycles. The van der Waals surface area contributed by atoms with Crippen LogP contribution in [0.4, 0.5) is 0 Å². The second-order valence-electron chi connectivity index (χ2n) is 7.40. The first-order valence-electron chi connectivity index (χ1n) is 9.40. The molecular formula is C21H25NO3S. The van der Waals surface area contributed by atoms with Gasteiger partial charge in [-0.1, -0.05) is 18.2 Å². The summed E-state index contributed by atoms with van der Waals surface area (Å²) in [5, 5.41) is 0. The molecule has 4 nitrogen and oxygen atoms in total. The Kier molecular flexibility index (Phi) is 4.76. The largest absolute Gasteiger partial charge is 0.493 e. The number of fused-ring (bicyclic) bond motifs is 2. The quantitative estimate of drug-likeness (QED) is 0.876. The normalized spacial score (nSPS) is 17.3. The van der Waals surface area contributed by atoms with Gasteiger partial charge in [0.25, 0.3) is 0 Å². The summed E-state index contributed by atoms with van der Waals surface area (Å²) >= 11 is 0. The second-order valence-corrected chi connectivity index (χ2v) is 9.12. The fourth-order valence-corrected chi connectivity index (χ4v) is 5.27. The predicted molar refractivity (Wildman–Crippen MR) is 102 cm³/mol. The molecule has 2 aromatic carbocycles. The van der Waals surface area contributed by atoms with E-state index in [9.17, 15) is 8.42 Å². The van der Waals surface area contributed by atoms with Gasteiger partial charge >= 0.3 is 0 Å². The van der Waals surface area contributed by atoms with E-state index in [0.29, 0.717) is 11.3 Å². The van der Waals surface area contributed by atoms with Gasteiger partial charge in [-0.05, 0) is 79.5 Å². The summed E-state index contributed by atoms with van der Waals surface area (Å²) in [6, 6.07) is 11.6. The smallest absolute Gasteiger partial charge is 0.240 e. The zero-order valence-electron chi connectivity index (χ0n) is 15.1. The maximum Gasteiger partial charge on any atom is 0.240 e. The number of benzene rings is 2. The third-order valence-corrected chi connectivity index (χ3v) is 6.87. The van der Waals surface area contributed by atoms with Crippen LogP contribution < -0.4 is 9.46 Å². The van der Waals surface area contributed by atoms with Crippen LogP contribution in [-0.2, 0) is 35.7 Å². The molecular weight excluding hydrogens is 346 g/mol. The van der Waals surface area contributed by atoms with Crippen LogP contribution in [0.25, 0.3) is 0 Å². The van der Waals surface area contributed by atoms with Crippen LogP contribution in [-0.4, -0.2) is 21.1 Å². The molecule has 0 spiro atoms. The van der Waals surface area contributed by atoms with Crippen molar-refractivity contribution in [3.63, 3.8) is 0 Å². The summed E-state index contributed by atoms with van der Waals surface area (Å²) in [6.45, 7) is 2.65. The molecule has 1 atom stereocenters. The van der Waals surface area contributed by atoms with Gasteiger partial charge in [0.05, 0.1) is 11.5 Å². The van der Waals surface area contributed by atoms with Gasteiger partial charge < -0.3 is 4.74 Å². The molecule has 0 amide bonds. The van der Waals surface area contributed by atoms with E-state index in [0.717, 1.165) is 43.6 Å². The number of hydrogen-bond donors (Lipinski definition) is 1. The third kappa shape index (κ3) is 3.64. The molecule has 1 aliphatic carbocycles.